The number of ether oxygens (including phenoxy) is 4. The normalized spacial score (nSPS) is 22.0. The van der Waals surface area contributed by atoms with Crippen molar-refractivity contribution in [2.24, 2.45) is 35.5 Å². The van der Waals surface area contributed by atoms with Crippen molar-refractivity contribution >= 4 is 47.0 Å². The molecule has 0 bridgehead atoms. The summed E-state index contributed by atoms with van der Waals surface area (Å²) >= 11 is 0. The SMILES string of the molecule is O=C1Oc2cc(O)cc(O)c2C(=O)C1C(C1C(=O)Oc2cc(O)cc(O)c2C1=O)C(C1C(=O)Oc2cc(O)cc(O)c2C1=O)C1C(=O)Oc2cc(O)cc(O)c2C1=O. The van der Waals surface area contributed by atoms with Crippen molar-refractivity contribution in [3.63, 3.8) is 0 Å². The van der Waals surface area contributed by atoms with Crippen LogP contribution in [-0.2, 0) is 19.2 Å². The minimum Gasteiger partial charge on any atom is -0.508 e. The Labute approximate surface area is 320 Å². The standard InChI is InChI=1S/C38H22O20/c39-9-1-13(43)21-17(5-9)55-35(51)27(31(21)47)25(28-32(48)22-14(44)2-10(40)6-18(22)56-36(28)52)26(29-33(49)23-15(45)3-11(41)7-19(23)57-37(29)53)30-34(50)24-16(46)4-12(42)8-20(24)58-38(30)54/h1-8,25-30,39-46H. The van der Waals surface area contributed by atoms with E-state index in [4.69, 9.17) is 18.9 Å². The Hall–Kier alpha value is -8.16. The molecule has 0 radical (unpaired) electrons. The van der Waals surface area contributed by atoms with Crippen LogP contribution < -0.4 is 18.9 Å². The Kier molecular flexibility index (Phi) is 8.05. The van der Waals surface area contributed by atoms with Gasteiger partial charge in [0.1, 0.15) is 115 Å². The van der Waals surface area contributed by atoms with Crippen molar-refractivity contribution in [1.82, 2.24) is 0 Å². The van der Waals surface area contributed by atoms with Crippen molar-refractivity contribution in [2.45, 2.75) is 0 Å². The van der Waals surface area contributed by atoms with Crippen LogP contribution in [0.5, 0.6) is 69.0 Å². The summed E-state index contributed by atoms with van der Waals surface area (Å²) in [5, 5.41) is 83.4. The van der Waals surface area contributed by atoms with E-state index in [1.54, 1.807) is 0 Å². The molecule has 8 N–H and O–H groups in total. The molecule has 8 rings (SSSR count). The number of carbonyl (C=O) groups is 8. The number of phenols is 8. The molecule has 4 aromatic rings. The number of aromatic hydroxyl groups is 8. The second kappa shape index (κ2) is 12.7. The molecule has 20 nitrogen and oxygen atoms in total. The Balaban J connectivity index is 1.44. The van der Waals surface area contributed by atoms with Gasteiger partial charge in [-0.3, -0.25) is 38.4 Å². The highest BCUT2D eigenvalue weighted by Gasteiger charge is 2.64. The maximum atomic E-state index is 14.6. The third kappa shape index (κ3) is 5.37. The summed E-state index contributed by atoms with van der Waals surface area (Å²) in [6.07, 6.45) is 0. The Morgan fingerprint density at radius 3 is 0.707 bits per heavy atom. The summed E-state index contributed by atoms with van der Waals surface area (Å²) in [6, 6.07) is 5.43. The fraction of sp³-hybridized carbons (Fsp3) is 0.158. The second-order valence-electron chi connectivity index (χ2n) is 13.6. The quantitative estimate of drug-likeness (QED) is 0.0806. The minimum atomic E-state index is -2.69. The number of phenolic OH excluding ortho intramolecular Hbond substituents is 8. The van der Waals surface area contributed by atoms with Crippen LogP contribution in [-0.4, -0.2) is 87.9 Å². The smallest absolute Gasteiger partial charge is 0.322 e. The van der Waals surface area contributed by atoms with Crippen molar-refractivity contribution in [1.29, 1.82) is 0 Å². The van der Waals surface area contributed by atoms with Crippen LogP contribution in [0.1, 0.15) is 41.4 Å². The third-order valence-electron chi connectivity index (χ3n) is 10.2. The molecule has 4 heterocycles. The van der Waals surface area contributed by atoms with Gasteiger partial charge in [0.2, 0.25) is 0 Å². The molecule has 0 fully saturated rings. The first-order chi connectivity index (χ1) is 27.4. The van der Waals surface area contributed by atoms with E-state index >= 15 is 0 Å². The number of hydrogen-bond donors (Lipinski definition) is 8. The molecule has 20 heteroatoms. The zero-order valence-corrected chi connectivity index (χ0v) is 28.6. The summed E-state index contributed by atoms with van der Waals surface area (Å²) in [6.45, 7) is 0. The molecule has 0 aliphatic carbocycles. The van der Waals surface area contributed by atoms with Crippen molar-refractivity contribution in [2.75, 3.05) is 0 Å². The van der Waals surface area contributed by atoms with Crippen LogP contribution in [0.4, 0.5) is 0 Å². The van der Waals surface area contributed by atoms with Crippen molar-refractivity contribution < 1.29 is 98.2 Å². The summed E-state index contributed by atoms with van der Waals surface area (Å²) in [5.74, 6) is -39.2. The fourth-order valence-electron chi connectivity index (χ4n) is 8.00. The van der Waals surface area contributed by atoms with Gasteiger partial charge in [-0.1, -0.05) is 0 Å². The maximum absolute atomic E-state index is 14.6. The summed E-state index contributed by atoms with van der Waals surface area (Å²) in [4.78, 5) is 115. The molecule has 4 aliphatic rings. The second-order valence-corrected chi connectivity index (χ2v) is 13.6. The number of benzene rings is 4. The molecule has 0 aromatic heterocycles. The van der Waals surface area contributed by atoms with Crippen molar-refractivity contribution in [3.05, 3.63) is 70.8 Å². The third-order valence-corrected chi connectivity index (χ3v) is 10.2. The molecule has 0 amide bonds. The lowest BCUT2D eigenvalue weighted by molar-refractivity contribution is -0.155. The van der Waals surface area contributed by atoms with Crippen LogP contribution in [0, 0.1) is 35.5 Å². The van der Waals surface area contributed by atoms with Crippen LogP contribution in [0.25, 0.3) is 0 Å². The number of rotatable bonds is 5. The van der Waals surface area contributed by atoms with Crippen LogP contribution in [0.3, 0.4) is 0 Å². The number of carbonyl (C=O) groups excluding carboxylic acids is 8. The number of hydrogen-bond acceptors (Lipinski definition) is 20. The Bertz CT molecular complexity index is 2300. The summed E-state index contributed by atoms with van der Waals surface area (Å²) in [5.41, 5.74) is -3.49. The lowest BCUT2D eigenvalue weighted by Crippen LogP contribution is -2.58. The molecular formula is C38H22O20. The van der Waals surface area contributed by atoms with Gasteiger partial charge < -0.3 is 59.8 Å². The molecule has 4 aliphatic heterocycles. The van der Waals surface area contributed by atoms with E-state index in [0.717, 1.165) is 24.3 Å². The monoisotopic (exact) mass is 798 g/mol. The highest BCUT2D eigenvalue weighted by molar-refractivity contribution is 6.22. The van der Waals surface area contributed by atoms with Gasteiger partial charge in [-0.2, -0.15) is 0 Å². The topological polar surface area (TPSA) is 335 Å². The predicted octanol–water partition coefficient (Wildman–Crippen LogP) is 1.54. The van der Waals surface area contributed by atoms with Gasteiger partial charge in [0.05, 0.1) is 0 Å². The highest BCUT2D eigenvalue weighted by Crippen LogP contribution is 2.54. The average Bonchev–Trinajstić information content (AvgIpc) is 3.08. The average molecular weight is 799 g/mol. The van der Waals surface area contributed by atoms with Gasteiger partial charge in [0, 0.05) is 60.4 Å². The first kappa shape index (κ1) is 36.8. The number of esters is 4. The molecule has 4 atom stereocenters. The number of Topliss-reactive ketones (excluding diaryl/α,β-unsaturated/α-hetero) is 4. The van der Waals surface area contributed by atoms with E-state index < -0.39 is 174 Å². The van der Waals surface area contributed by atoms with E-state index in [-0.39, 0.29) is 0 Å². The van der Waals surface area contributed by atoms with E-state index in [1.807, 2.05) is 0 Å². The molecule has 58 heavy (non-hydrogen) atoms. The van der Waals surface area contributed by atoms with Gasteiger partial charge in [-0.25, -0.2) is 0 Å². The highest BCUT2D eigenvalue weighted by atomic mass is 16.6. The van der Waals surface area contributed by atoms with Crippen molar-refractivity contribution in [3.8, 4) is 69.0 Å². The summed E-state index contributed by atoms with van der Waals surface area (Å²) in [7, 11) is 0. The molecule has 294 valence electrons. The molecule has 4 unspecified atom stereocenters. The zero-order chi connectivity index (χ0) is 41.8. The van der Waals surface area contributed by atoms with Gasteiger partial charge in [-0.05, 0) is 0 Å². The first-order valence-corrected chi connectivity index (χ1v) is 16.6. The van der Waals surface area contributed by atoms with E-state index in [2.05, 4.69) is 0 Å². The minimum absolute atomic E-state index is 0.633. The maximum Gasteiger partial charge on any atom is 0.322 e. The molecular weight excluding hydrogens is 776 g/mol. The van der Waals surface area contributed by atoms with Gasteiger partial charge in [0.15, 0.2) is 23.1 Å². The molecule has 4 aromatic carbocycles. The summed E-state index contributed by atoms with van der Waals surface area (Å²) < 4.78 is 21.1. The zero-order valence-electron chi connectivity index (χ0n) is 28.6. The molecule has 0 spiro atoms. The number of ketones is 4. The van der Waals surface area contributed by atoms with Gasteiger partial charge >= 0.3 is 23.9 Å². The largest absolute Gasteiger partial charge is 0.508 e. The van der Waals surface area contributed by atoms with Crippen LogP contribution in [0.2, 0.25) is 0 Å². The Morgan fingerprint density at radius 1 is 0.328 bits per heavy atom. The molecule has 0 saturated carbocycles. The predicted molar refractivity (Wildman–Crippen MR) is 180 cm³/mol. The van der Waals surface area contributed by atoms with E-state index in [9.17, 15) is 79.2 Å². The van der Waals surface area contributed by atoms with Crippen LogP contribution in [0.15, 0.2) is 48.5 Å². The van der Waals surface area contributed by atoms with Gasteiger partial charge in [0.25, 0.3) is 0 Å². The Morgan fingerprint density at radius 2 is 0.517 bits per heavy atom. The number of fused-ring (bicyclic) bond motifs is 4. The lowest BCUT2D eigenvalue weighted by atomic mass is 9.58. The van der Waals surface area contributed by atoms with E-state index in [1.165, 1.54) is 0 Å². The lowest BCUT2D eigenvalue weighted by Gasteiger charge is -2.43. The molecule has 0 saturated heterocycles. The fourth-order valence-corrected chi connectivity index (χ4v) is 8.00. The van der Waals surface area contributed by atoms with Crippen LogP contribution >= 0.6 is 0 Å². The first-order valence-electron chi connectivity index (χ1n) is 16.6. The van der Waals surface area contributed by atoms with E-state index in [0.29, 0.717) is 24.3 Å². The van der Waals surface area contributed by atoms with Gasteiger partial charge in [-0.15, -0.1) is 0 Å².